The topological polar surface area (TPSA) is 86.9 Å². The molecule has 1 atom stereocenters. The number of anilines is 1. The number of hydrogen-bond donors (Lipinski definition) is 3. The van der Waals surface area contributed by atoms with E-state index in [1.165, 1.54) is 0 Å². The van der Waals surface area contributed by atoms with Crippen molar-refractivity contribution in [1.29, 1.82) is 0 Å². The summed E-state index contributed by atoms with van der Waals surface area (Å²) in [4.78, 5) is 32.6. The number of hydrogen-bond acceptors (Lipinski definition) is 3. The highest BCUT2D eigenvalue weighted by atomic mass is 16.2. The summed E-state index contributed by atoms with van der Waals surface area (Å²) in [7, 11) is 0. The number of benzene rings is 1. The van der Waals surface area contributed by atoms with Crippen molar-refractivity contribution in [2.75, 3.05) is 5.32 Å². The Kier molecular flexibility index (Phi) is 6.85. The van der Waals surface area contributed by atoms with Crippen molar-refractivity contribution in [2.24, 2.45) is 17.8 Å². The summed E-state index contributed by atoms with van der Waals surface area (Å²) in [6.07, 6.45) is 7.62. The Bertz CT molecular complexity index is 750. The smallest absolute Gasteiger partial charge is 0.249 e. The lowest BCUT2D eigenvalue weighted by atomic mass is 9.76. The van der Waals surface area contributed by atoms with Gasteiger partial charge in [0.1, 0.15) is 6.04 Å². The van der Waals surface area contributed by atoms with Gasteiger partial charge in [-0.25, -0.2) is 4.98 Å². The van der Waals surface area contributed by atoms with Gasteiger partial charge in [0.25, 0.3) is 0 Å². The van der Waals surface area contributed by atoms with Crippen molar-refractivity contribution in [2.45, 2.75) is 52.0 Å². The largest absolute Gasteiger partial charge is 0.344 e. The lowest BCUT2D eigenvalue weighted by Crippen LogP contribution is -2.48. The summed E-state index contributed by atoms with van der Waals surface area (Å²) in [5, 5.41) is 5.75. The molecule has 28 heavy (non-hydrogen) atoms. The van der Waals surface area contributed by atoms with Crippen LogP contribution in [0.15, 0.2) is 42.7 Å². The first kappa shape index (κ1) is 20.1. The molecule has 6 nitrogen and oxygen atoms in total. The van der Waals surface area contributed by atoms with Gasteiger partial charge in [0, 0.05) is 24.7 Å². The first-order valence-electron chi connectivity index (χ1n) is 10.2. The van der Waals surface area contributed by atoms with Crippen LogP contribution in [0.3, 0.4) is 0 Å². The lowest BCUT2D eigenvalue weighted by Gasteiger charge is -2.31. The minimum Gasteiger partial charge on any atom is -0.344 e. The number of rotatable bonds is 7. The first-order valence-corrected chi connectivity index (χ1v) is 10.2. The predicted octanol–water partition coefficient (Wildman–Crippen LogP) is 3.54. The molecule has 150 valence electrons. The van der Waals surface area contributed by atoms with Crippen molar-refractivity contribution in [1.82, 2.24) is 15.3 Å². The maximum atomic E-state index is 12.9. The number of H-pyrrole nitrogens is 1. The number of carbonyl (C=O) groups is 2. The third kappa shape index (κ3) is 5.44. The standard InChI is InChI=1S/C22H30N4O2/c1-15(2)17-8-10-18(11-9-17)20(27)25-19(14-16-6-4-3-5-7-16)21(28)26-22-23-12-13-24-22/h3-7,12-13,15,17-19H,8-11,14H2,1-2H3,(H,25,27)(H2,23,24,26,28). The molecule has 0 radical (unpaired) electrons. The number of aromatic nitrogens is 2. The number of nitrogens with zero attached hydrogens (tertiary/aromatic N) is 1. The fourth-order valence-electron chi connectivity index (χ4n) is 3.93. The van der Waals surface area contributed by atoms with E-state index in [-0.39, 0.29) is 17.7 Å². The van der Waals surface area contributed by atoms with Gasteiger partial charge in [0.05, 0.1) is 0 Å². The van der Waals surface area contributed by atoms with E-state index < -0.39 is 6.04 Å². The van der Waals surface area contributed by atoms with Gasteiger partial charge in [-0.3, -0.25) is 14.9 Å². The molecule has 1 heterocycles. The van der Waals surface area contributed by atoms with Gasteiger partial charge in [-0.2, -0.15) is 0 Å². The zero-order chi connectivity index (χ0) is 19.9. The average Bonchev–Trinajstić information content (AvgIpc) is 3.21. The molecule has 1 aromatic carbocycles. The highest BCUT2D eigenvalue weighted by Gasteiger charge is 2.30. The number of amides is 2. The summed E-state index contributed by atoms with van der Waals surface area (Å²) in [5.41, 5.74) is 1.01. The molecule has 1 aliphatic rings. The molecule has 2 aromatic rings. The Labute approximate surface area is 166 Å². The Morgan fingerprint density at radius 2 is 1.86 bits per heavy atom. The molecule has 1 aromatic heterocycles. The summed E-state index contributed by atoms with van der Waals surface area (Å²) < 4.78 is 0. The van der Waals surface area contributed by atoms with E-state index in [0.29, 0.717) is 24.2 Å². The van der Waals surface area contributed by atoms with Gasteiger partial charge in [-0.15, -0.1) is 0 Å². The van der Waals surface area contributed by atoms with E-state index in [0.717, 1.165) is 31.2 Å². The quantitative estimate of drug-likeness (QED) is 0.684. The summed E-state index contributed by atoms with van der Waals surface area (Å²) >= 11 is 0. The second kappa shape index (κ2) is 9.53. The molecule has 2 amide bonds. The second-order valence-electron chi connectivity index (χ2n) is 8.03. The van der Waals surface area contributed by atoms with E-state index in [9.17, 15) is 9.59 Å². The number of aromatic amines is 1. The molecular weight excluding hydrogens is 352 g/mol. The monoisotopic (exact) mass is 382 g/mol. The van der Waals surface area contributed by atoms with Gasteiger partial charge in [-0.1, -0.05) is 44.2 Å². The zero-order valence-electron chi connectivity index (χ0n) is 16.7. The van der Waals surface area contributed by atoms with Crippen LogP contribution >= 0.6 is 0 Å². The molecule has 1 unspecified atom stereocenters. The van der Waals surface area contributed by atoms with Gasteiger partial charge in [0.2, 0.25) is 17.8 Å². The van der Waals surface area contributed by atoms with Crippen molar-refractivity contribution in [3.63, 3.8) is 0 Å². The summed E-state index contributed by atoms with van der Waals surface area (Å²) in [6, 6.07) is 9.10. The van der Waals surface area contributed by atoms with Gasteiger partial charge < -0.3 is 10.3 Å². The third-order valence-corrected chi connectivity index (χ3v) is 5.74. The summed E-state index contributed by atoms with van der Waals surface area (Å²) in [6.45, 7) is 4.50. The molecule has 3 rings (SSSR count). The first-order chi connectivity index (χ1) is 13.5. The molecule has 1 aliphatic carbocycles. The van der Waals surface area contributed by atoms with Crippen LogP contribution in [0.2, 0.25) is 0 Å². The van der Waals surface area contributed by atoms with Crippen LogP contribution < -0.4 is 10.6 Å². The van der Waals surface area contributed by atoms with Crippen LogP contribution in [0.5, 0.6) is 0 Å². The van der Waals surface area contributed by atoms with Crippen molar-refractivity contribution in [3.8, 4) is 0 Å². The molecule has 0 spiro atoms. The van der Waals surface area contributed by atoms with E-state index in [4.69, 9.17) is 0 Å². The van der Waals surface area contributed by atoms with Crippen LogP contribution in [0.25, 0.3) is 0 Å². The van der Waals surface area contributed by atoms with Crippen LogP contribution in [0.1, 0.15) is 45.1 Å². The normalized spacial score (nSPS) is 20.5. The fraction of sp³-hybridized carbons (Fsp3) is 0.500. The van der Waals surface area contributed by atoms with Crippen LogP contribution in [-0.4, -0.2) is 27.8 Å². The Balaban J connectivity index is 1.64. The van der Waals surface area contributed by atoms with Crippen LogP contribution in [0.4, 0.5) is 5.95 Å². The molecule has 0 bridgehead atoms. The minimum atomic E-state index is -0.636. The Hall–Kier alpha value is -2.63. The summed E-state index contributed by atoms with van der Waals surface area (Å²) in [5.74, 6) is 1.46. The van der Waals surface area contributed by atoms with Crippen molar-refractivity contribution >= 4 is 17.8 Å². The zero-order valence-corrected chi connectivity index (χ0v) is 16.7. The van der Waals surface area contributed by atoms with Crippen molar-refractivity contribution < 1.29 is 9.59 Å². The van der Waals surface area contributed by atoms with Crippen LogP contribution in [0, 0.1) is 17.8 Å². The Morgan fingerprint density at radius 3 is 2.46 bits per heavy atom. The molecule has 0 saturated heterocycles. The molecule has 0 aliphatic heterocycles. The fourth-order valence-corrected chi connectivity index (χ4v) is 3.93. The average molecular weight is 383 g/mol. The number of carbonyl (C=O) groups excluding carboxylic acids is 2. The number of imidazole rings is 1. The maximum Gasteiger partial charge on any atom is 0.249 e. The molecule has 6 heteroatoms. The third-order valence-electron chi connectivity index (χ3n) is 5.74. The van der Waals surface area contributed by atoms with E-state index in [1.54, 1.807) is 12.4 Å². The van der Waals surface area contributed by atoms with Gasteiger partial charge in [0.15, 0.2) is 0 Å². The minimum absolute atomic E-state index is 0.00955. The molecular formula is C22H30N4O2. The van der Waals surface area contributed by atoms with Gasteiger partial charge in [-0.05, 0) is 43.1 Å². The SMILES string of the molecule is CC(C)C1CCC(C(=O)NC(Cc2ccccc2)C(=O)Nc2ncc[nH]2)CC1. The van der Waals surface area contributed by atoms with E-state index >= 15 is 0 Å². The Morgan fingerprint density at radius 1 is 1.14 bits per heavy atom. The maximum absolute atomic E-state index is 12.9. The predicted molar refractivity (Wildman–Crippen MR) is 110 cm³/mol. The molecule has 1 fully saturated rings. The highest BCUT2D eigenvalue weighted by molar-refractivity contribution is 5.96. The molecule has 1 saturated carbocycles. The van der Waals surface area contributed by atoms with Crippen LogP contribution in [-0.2, 0) is 16.0 Å². The lowest BCUT2D eigenvalue weighted by molar-refractivity contribution is -0.130. The molecule has 3 N–H and O–H groups in total. The van der Waals surface area contributed by atoms with Crippen molar-refractivity contribution in [3.05, 3.63) is 48.3 Å². The van der Waals surface area contributed by atoms with E-state index in [1.807, 2.05) is 30.3 Å². The highest BCUT2D eigenvalue weighted by Crippen LogP contribution is 2.33. The second-order valence-corrected chi connectivity index (χ2v) is 8.03. The number of nitrogens with one attached hydrogen (secondary N) is 3. The van der Waals surface area contributed by atoms with E-state index in [2.05, 4.69) is 34.4 Å². The van der Waals surface area contributed by atoms with Gasteiger partial charge >= 0.3 is 0 Å².